The summed E-state index contributed by atoms with van der Waals surface area (Å²) in [5.41, 5.74) is 1.83. The zero-order valence-electron chi connectivity index (χ0n) is 18.0. The lowest BCUT2D eigenvalue weighted by atomic mass is 10.2. The Morgan fingerprint density at radius 3 is 2.56 bits per heavy atom. The monoisotopic (exact) mass is 435 g/mol. The first-order valence-electron chi connectivity index (χ1n) is 10.1. The van der Waals surface area contributed by atoms with E-state index in [1.54, 1.807) is 25.4 Å². The third-order valence-corrected chi connectivity index (χ3v) is 4.41. The molecule has 0 aliphatic heterocycles. The normalized spacial score (nSPS) is 10.2. The molecule has 0 saturated carbocycles. The van der Waals surface area contributed by atoms with Crippen LogP contribution < -0.4 is 20.1 Å². The second kappa shape index (κ2) is 11.4. The third kappa shape index (κ3) is 6.46. The standard InChI is InChI=1S/C24H25N3O5/c1-3-31-19-11-9-18(10-12-19)27-23-21(8-5-13-25-23)24(29)32-16-22(28)26-15-17-6-4-7-20(14-17)30-2/h4-14H,3,15-16H2,1-2H3,(H,25,27)(H,26,28). The molecule has 166 valence electrons. The molecule has 0 aliphatic rings. The molecule has 0 spiro atoms. The van der Waals surface area contributed by atoms with Crippen LogP contribution in [0.15, 0.2) is 66.9 Å². The van der Waals surface area contributed by atoms with Crippen molar-refractivity contribution in [1.82, 2.24) is 10.3 Å². The molecule has 1 aromatic heterocycles. The van der Waals surface area contributed by atoms with Crippen LogP contribution >= 0.6 is 0 Å². The largest absolute Gasteiger partial charge is 0.497 e. The smallest absolute Gasteiger partial charge is 0.342 e. The first-order chi connectivity index (χ1) is 15.6. The average molecular weight is 435 g/mol. The van der Waals surface area contributed by atoms with Gasteiger partial charge in [-0.3, -0.25) is 4.79 Å². The lowest BCUT2D eigenvalue weighted by Crippen LogP contribution is -2.28. The highest BCUT2D eigenvalue weighted by Gasteiger charge is 2.16. The molecule has 0 aliphatic carbocycles. The molecule has 32 heavy (non-hydrogen) atoms. The number of hydrogen-bond acceptors (Lipinski definition) is 7. The summed E-state index contributed by atoms with van der Waals surface area (Å²) in [4.78, 5) is 28.9. The van der Waals surface area contributed by atoms with E-state index in [1.165, 1.54) is 0 Å². The zero-order chi connectivity index (χ0) is 22.8. The highest BCUT2D eigenvalue weighted by Crippen LogP contribution is 2.22. The first-order valence-corrected chi connectivity index (χ1v) is 10.1. The van der Waals surface area contributed by atoms with E-state index >= 15 is 0 Å². The molecule has 2 N–H and O–H groups in total. The first kappa shape index (κ1) is 22.6. The second-order valence-electron chi connectivity index (χ2n) is 6.69. The maximum absolute atomic E-state index is 12.5. The Labute approximate surface area is 186 Å². The quantitative estimate of drug-likeness (QED) is 0.469. The van der Waals surface area contributed by atoms with E-state index in [4.69, 9.17) is 14.2 Å². The van der Waals surface area contributed by atoms with Gasteiger partial charge in [0.1, 0.15) is 22.9 Å². The summed E-state index contributed by atoms with van der Waals surface area (Å²) in [6.07, 6.45) is 1.56. The molecule has 8 heteroatoms. The van der Waals surface area contributed by atoms with Crippen molar-refractivity contribution in [3.8, 4) is 11.5 Å². The lowest BCUT2D eigenvalue weighted by molar-refractivity contribution is -0.124. The van der Waals surface area contributed by atoms with E-state index in [1.807, 2.05) is 55.5 Å². The van der Waals surface area contributed by atoms with Gasteiger partial charge < -0.3 is 24.8 Å². The number of esters is 1. The Kier molecular flexibility index (Phi) is 8.02. The summed E-state index contributed by atoms with van der Waals surface area (Å²) in [6, 6.07) is 17.8. The van der Waals surface area contributed by atoms with Crippen molar-refractivity contribution in [1.29, 1.82) is 0 Å². The van der Waals surface area contributed by atoms with Crippen molar-refractivity contribution in [3.63, 3.8) is 0 Å². The fourth-order valence-corrected chi connectivity index (χ4v) is 2.85. The van der Waals surface area contributed by atoms with Crippen molar-refractivity contribution < 1.29 is 23.8 Å². The molecule has 0 unspecified atom stereocenters. The second-order valence-corrected chi connectivity index (χ2v) is 6.69. The van der Waals surface area contributed by atoms with E-state index in [9.17, 15) is 9.59 Å². The van der Waals surface area contributed by atoms with Gasteiger partial charge in [-0.2, -0.15) is 0 Å². The van der Waals surface area contributed by atoms with Crippen molar-refractivity contribution in [2.24, 2.45) is 0 Å². The van der Waals surface area contributed by atoms with Crippen LogP contribution in [0.5, 0.6) is 11.5 Å². The van der Waals surface area contributed by atoms with Gasteiger partial charge in [-0.25, -0.2) is 9.78 Å². The van der Waals surface area contributed by atoms with Crippen LogP contribution in [-0.4, -0.2) is 37.2 Å². The van der Waals surface area contributed by atoms with E-state index < -0.39 is 18.5 Å². The van der Waals surface area contributed by atoms with Crippen molar-refractivity contribution in [2.75, 3.05) is 25.6 Å². The van der Waals surface area contributed by atoms with Gasteiger partial charge >= 0.3 is 5.97 Å². The molecular weight excluding hydrogens is 410 g/mol. The van der Waals surface area contributed by atoms with Gasteiger partial charge in [0.15, 0.2) is 6.61 Å². The molecule has 0 fully saturated rings. The van der Waals surface area contributed by atoms with Crippen molar-refractivity contribution in [3.05, 3.63) is 78.0 Å². The van der Waals surface area contributed by atoms with Crippen LogP contribution in [0, 0.1) is 0 Å². The number of nitrogens with one attached hydrogen (secondary N) is 2. The maximum atomic E-state index is 12.5. The van der Waals surface area contributed by atoms with Crippen LogP contribution in [0.25, 0.3) is 0 Å². The molecule has 3 aromatic rings. The summed E-state index contributed by atoms with van der Waals surface area (Å²) in [7, 11) is 1.58. The van der Waals surface area contributed by atoms with Crippen LogP contribution in [0.2, 0.25) is 0 Å². The number of benzene rings is 2. The summed E-state index contributed by atoms with van der Waals surface area (Å²) < 4.78 is 15.8. The highest BCUT2D eigenvalue weighted by molar-refractivity contribution is 5.96. The number of anilines is 2. The molecule has 0 bridgehead atoms. The number of aromatic nitrogens is 1. The van der Waals surface area contributed by atoms with Crippen molar-refractivity contribution >= 4 is 23.4 Å². The van der Waals surface area contributed by atoms with Crippen LogP contribution in [0.1, 0.15) is 22.8 Å². The zero-order valence-corrected chi connectivity index (χ0v) is 18.0. The van der Waals surface area contributed by atoms with Gasteiger partial charge in [0.05, 0.1) is 13.7 Å². The van der Waals surface area contributed by atoms with Crippen LogP contribution in [0.3, 0.4) is 0 Å². The topological polar surface area (TPSA) is 98.8 Å². The van der Waals surface area contributed by atoms with Gasteiger partial charge in [-0.1, -0.05) is 12.1 Å². The van der Waals surface area contributed by atoms with Gasteiger partial charge in [0.2, 0.25) is 0 Å². The summed E-state index contributed by atoms with van der Waals surface area (Å²) in [6.45, 7) is 2.39. The number of ether oxygens (including phenoxy) is 3. The predicted molar refractivity (Wildman–Crippen MR) is 120 cm³/mol. The molecule has 3 rings (SSSR count). The minimum absolute atomic E-state index is 0.224. The Balaban J connectivity index is 1.55. The van der Waals surface area contributed by atoms with E-state index in [2.05, 4.69) is 15.6 Å². The predicted octanol–water partition coefficient (Wildman–Crippen LogP) is 3.71. The minimum atomic E-state index is -0.650. The Morgan fingerprint density at radius 1 is 1.00 bits per heavy atom. The van der Waals surface area contributed by atoms with Gasteiger partial charge in [0, 0.05) is 18.4 Å². The Bertz CT molecular complexity index is 1050. The summed E-state index contributed by atoms with van der Waals surface area (Å²) in [5, 5.41) is 5.80. The number of amides is 1. The molecule has 8 nitrogen and oxygen atoms in total. The summed E-state index contributed by atoms with van der Waals surface area (Å²) >= 11 is 0. The number of methoxy groups -OCH3 is 1. The number of hydrogen-bond donors (Lipinski definition) is 2. The van der Waals surface area contributed by atoms with E-state index in [-0.39, 0.29) is 5.56 Å². The molecular formula is C24H25N3O5. The number of carbonyl (C=O) groups is 2. The number of pyridine rings is 1. The lowest BCUT2D eigenvalue weighted by Gasteiger charge is -2.12. The third-order valence-electron chi connectivity index (χ3n) is 4.41. The fraction of sp³-hybridized carbons (Fsp3) is 0.208. The average Bonchev–Trinajstić information content (AvgIpc) is 2.83. The molecule has 0 radical (unpaired) electrons. The fourth-order valence-electron chi connectivity index (χ4n) is 2.85. The molecule has 1 heterocycles. The SMILES string of the molecule is CCOc1ccc(Nc2ncccc2C(=O)OCC(=O)NCc2cccc(OC)c2)cc1. The maximum Gasteiger partial charge on any atom is 0.342 e. The molecule has 1 amide bonds. The van der Waals surface area contributed by atoms with Gasteiger partial charge in [0.25, 0.3) is 5.91 Å². The number of nitrogens with zero attached hydrogens (tertiary/aromatic N) is 1. The molecule has 0 saturated heterocycles. The van der Waals surface area contributed by atoms with Crippen molar-refractivity contribution in [2.45, 2.75) is 13.5 Å². The molecule has 0 atom stereocenters. The van der Waals surface area contributed by atoms with Crippen LogP contribution in [-0.2, 0) is 16.1 Å². The number of carbonyl (C=O) groups excluding carboxylic acids is 2. The van der Waals surface area contributed by atoms with Crippen LogP contribution in [0.4, 0.5) is 11.5 Å². The van der Waals surface area contributed by atoms with E-state index in [0.717, 1.165) is 17.0 Å². The number of rotatable bonds is 10. The van der Waals surface area contributed by atoms with Gasteiger partial charge in [-0.05, 0) is 61.0 Å². The Morgan fingerprint density at radius 2 is 1.81 bits per heavy atom. The Hall–Kier alpha value is -4.07. The molecule has 2 aromatic carbocycles. The highest BCUT2D eigenvalue weighted by atomic mass is 16.5. The van der Waals surface area contributed by atoms with Gasteiger partial charge in [-0.15, -0.1) is 0 Å². The minimum Gasteiger partial charge on any atom is -0.497 e. The van der Waals surface area contributed by atoms with E-state index in [0.29, 0.717) is 24.7 Å². The summed E-state index contributed by atoms with van der Waals surface area (Å²) in [5.74, 6) is 0.721.